The number of aromatic nitrogens is 2. The lowest BCUT2D eigenvalue weighted by Crippen LogP contribution is -2.39. The van der Waals surface area contributed by atoms with Crippen LogP contribution in [-0.2, 0) is 6.42 Å². The topological polar surface area (TPSA) is 71.3 Å². The van der Waals surface area contributed by atoms with Gasteiger partial charge in [0.1, 0.15) is 0 Å². The zero-order valence-corrected chi connectivity index (χ0v) is 13.3. The Morgan fingerprint density at radius 1 is 1.52 bits per heavy atom. The Balaban J connectivity index is 1.67. The van der Waals surface area contributed by atoms with Crippen molar-refractivity contribution in [2.24, 2.45) is 11.8 Å². The number of amides is 2. The van der Waals surface area contributed by atoms with Gasteiger partial charge in [-0.15, -0.1) is 0 Å². The second-order valence-electron chi connectivity index (χ2n) is 6.28. The first-order chi connectivity index (χ1) is 10.0. The molecule has 21 heavy (non-hydrogen) atoms. The fourth-order valence-corrected chi connectivity index (χ4v) is 2.61. The number of likely N-dealkylation sites (tertiary alicyclic amines) is 1. The molecule has 1 N–H and O–H groups in total. The zero-order valence-electron chi connectivity index (χ0n) is 13.3. The Morgan fingerprint density at radius 2 is 2.33 bits per heavy atom. The highest BCUT2D eigenvalue weighted by molar-refractivity contribution is 5.74. The third kappa shape index (κ3) is 5.02. The average molecular weight is 294 g/mol. The molecular formula is C15H26N4O2. The summed E-state index contributed by atoms with van der Waals surface area (Å²) in [5.41, 5.74) is 0. The van der Waals surface area contributed by atoms with Crippen LogP contribution in [0.15, 0.2) is 4.52 Å². The second kappa shape index (κ2) is 7.43. The van der Waals surface area contributed by atoms with Gasteiger partial charge < -0.3 is 14.7 Å². The Hall–Kier alpha value is -1.59. The predicted molar refractivity (Wildman–Crippen MR) is 79.9 cm³/mol. The molecule has 1 fully saturated rings. The number of hydrogen-bond donors (Lipinski definition) is 1. The first-order valence-corrected chi connectivity index (χ1v) is 7.86. The van der Waals surface area contributed by atoms with Gasteiger partial charge in [0, 0.05) is 33.0 Å². The fraction of sp³-hybridized carbons (Fsp3) is 0.800. The molecule has 2 amide bonds. The average Bonchev–Trinajstić information content (AvgIpc) is 3.04. The number of carbonyl (C=O) groups excluding carboxylic acids is 1. The Morgan fingerprint density at radius 3 is 3.00 bits per heavy atom. The van der Waals surface area contributed by atoms with Crippen LogP contribution >= 0.6 is 0 Å². The van der Waals surface area contributed by atoms with Gasteiger partial charge >= 0.3 is 6.03 Å². The molecule has 2 heterocycles. The van der Waals surface area contributed by atoms with Crippen molar-refractivity contribution in [2.45, 2.75) is 46.5 Å². The Labute approximate surface area is 126 Å². The molecule has 6 nitrogen and oxygen atoms in total. The summed E-state index contributed by atoms with van der Waals surface area (Å²) in [6.07, 6.45) is 3.92. The third-order valence-corrected chi connectivity index (χ3v) is 3.92. The van der Waals surface area contributed by atoms with E-state index in [0.717, 1.165) is 51.1 Å². The lowest BCUT2D eigenvalue weighted by atomic mass is 10.0. The number of urea groups is 1. The maximum absolute atomic E-state index is 12.0. The molecule has 1 aliphatic rings. The van der Waals surface area contributed by atoms with Gasteiger partial charge in [-0.1, -0.05) is 19.0 Å². The van der Waals surface area contributed by atoms with Crippen LogP contribution < -0.4 is 5.32 Å². The normalized spacial score (nSPS) is 18.5. The van der Waals surface area contributed by atoms with Crippen LogP contribution in [0.1, 0.15) is 44.8 Å². The first kappa shape index (κ1) is 15.8. The number of rotatable bonds is 6. The lowest BCUT2D eigenvalue weighted by molar-refractivity contribution is 0.206. The van der Waals surface area contributed by atoms with Crippen LogP contribution in [0.4, 0.5) is 4.79 Å². The molecule has 2 rings (SSSR count). The minimum atomic E-state index is 0.0774. The summed E-state index contributed by atoms with van der Waals surface area (Å²) in [6.45, 7) is 8.58. The highest BCUT2D eigenvalue weighted by Crippen LogP contribution is 2.21. The summed E-state index contributed by atoms with van der Waals surface area (Å²) in [5.74, 6) is 2.55. The van der Waals surface area contributed by atoms with E-state index in [2.05, 4.69) is 29.3 Å². The summed E-state index contributed by atoms with van der Waals surface area (Å²) in [6, 6.07) is 0.0774. The van der Waals surface area contributed by atoms with Crippen molar-refractivity contribution in [3.8, 4) is 0 Å². The van der Waals surface area contributed by atoms with Gasteiger partial charge in [0.15, 0.2) is 5.82 Å². The molecule has 0 saturated carbocycles. The van der Waals surface area contributed by atoms with Crippen molar-refractivity contribution in [2.75, 3.05) is 19.6 Å². The minimum absolute atomic E-state index is 0.0774. The van der Waals surface area contributed by atoms with E-state index >= 15 is 0 Å². The second-order valence-corrected chi connectivity index (χ2v) is 6.28. The number of carbonyl (C=O) groups is 1. The molecule has 1 saturated heterocycles. The fourth-order valence-electron chi connectivity index (χ4n) is 2.61. The van der Waals surface area contributed by atoms with E-state index in [1.807, 2.05) is 4.90 Å². The van der Waals surface area contributed by atoms with Gasteiger partial charge in [0.25, 0.3) is 0 Å². The molecule has 0 radical (unpaired) electrons. The monoisotopic (exact) mass is 294 g/mol. The van der Waals surface area contributed by atoms with E-state index in [4.69, 9.17) is 4.52 Å². The first-order valence-electron chi connectivity index (χ1n) is 7.86. The van der Waals surface area contributed by atoms with Gasteiger partial charge in [0.2, 0.25) is 5.89 Å². The van der Waals surface area contributed by atoms with Crippen LogP contribution in [0.3, 0.4) is 0 Å². The summed E-state index contributed by atoms with van der Waals surface area (Å²) >= 11 is 0. The zero-order chi connectivity index (χ0) is 15.2. The summed E-state index contributed by atoms with van der Waals surface area (Å²) < 4.78 is 4.97. The minimum Gasteiger partial charge on any atom is -0.340 e. The molecule has 6 heteroatoms. The maximum Gasteiger partial charge on any atom is 0.317 e. The highest BCUT2D eigenvalue weighted by Gasteiger charge is 2.26. The number of nitrogens with zero attached hydrogens (tertiary/aromatic N) is 3. The maximum atomic E-state index is 12.0. The quantitative estimate of drug-likeness (QED) is 0.874. The number of aryl methyl sites for hydroxylation is 2. The van der Waals surface area contributed by atoms with Crippen LogP contribution in [-0.4, -0.2) is 40.7 Å². The standard InChI is InChI=1S/C15H26N4O2/c1-11(2)6-8-16-15(20)19-9-7-13(10-19)4-5-14-17-12(3)21-18-14/h11,13H,4-10H2,1-3H3,(H,16,20). The summed E-state index contributed by atoms with van der Waals surface area (Å²) in [5, 5.41) is 6.91. The van der Waals surface area contributed by atoms with Crippen LogP contribution in [0.2, 0.25) is 0 Å². The molecule has 1 unspecified atom stereocenters. The molecule has 118 valence electrons. The molecule has 0 spiro atoms. The van der Waals surface area contributed by atoms with E-state index < -0.39 is 0 Å². The van der Waals surface area contributed by atoms with Gasteiger partial charge in [-0.3, -0.25) is 0 Å². The van der Waals surface area contributed by atoms with Crippen molar-refractivity contribution >= 4 is 6.03 Å². The van der Waals surface area contributed by atoms with Crippen molar-refractivity contribution < 1.29 is 9.32 Å². The Kier molecular flexibility index (Phi) is 5.59. The van der Waals surface area contributed by atoms with Gasteiger partial charge in [-0.25, -0.2) is 4.79 Å². The molecule has 1 atom stereocenters. The SMILES string of the molecule is Cc1nc(CCC2CCN(C(=O)NCCC(C)C)C2)no1. The van der Waals surface area contributed by atoms with Crippen LogP contribution in [0.5, 0.6) is 0 Å². The van der Waals surface area contributed by atoms with E-state index in [1.54, 1.807) is 6.92 Å². The molecule has 1 aromatic heterocycles. The van der Waals surface area contributed by atoms with Crippen LogP contribution in [0.25, 0.3) is 0 Å². The predicted octanol–water partition coefficient (Wildman–Crippen LogP) is 2.39. The molecular weight excluding hydrogens is 268 g/mol. The molecule has 0 bridgehead atoms. The van der Waals surface area contributed by atoms with Gasteiger partial charge in [0.05, 0.1) is 0 Å². The van der Waals surface area contributed by atoms with Gasteiger partial charge in [-0.05, 0) is 31.1 Å². The van der Waals surface area contributed by atoms with Crippen molar-refractivity contribution in [3.05, 3.63) is 11.7 Å². The highest BCUT2D eigenvalue weighted by atomic mass is 16.5. The molecule has 0 aliphatic carbocycles. The van der Waals surface area contributed by atoms with E-state index in [9.17, 15) is 4.79 Å². The molecule has 1 aliphatic heterocycles. The van der Waals surface area contributed by atoms with Crippen molar-refractivity contribution in [1.82, 2.24) is 20.4 Å². The van der Waals surface area contributed by atoms with Gasteiger partial charge in [-0.2, -0.15) is 4.98 Å². The smallest absolute Gasteiger partial charge is 0.317 e. The van der Waals surface area contributed by atoms with E-state index in [0.29, 0.717) is 17.7 Å². The third-order valence-electron chi connectivity index (χ3n) is 3.92. The van der Waals surface area contributed by atoms with Crippen LogP contribution in [0, 0.1) is 18.8 Å². The number of nitrogens with one attached hydrogen (secondary N) is 1. The van der Waals surface area contributed by atoms with Crippen molar-refractivity contribution in [1.29, 1.82) is 0 Å². The van der Waals surface area contributed by atoms with E-state index in [1.165, 1.54) is 0 Å². The number of hydrogen-bond acceptors (Lipinski definition) is 4. The van der Waals surface area contributed by atoms with Crippen molar-refractivity contribution in [3.63, 3.8) is 0 Å². The Bertz CT molecular complexity index is 458. The lowest BCUT2D eigenvalue weighted by Gasteiger charge is -2.17. The summed E-state index contributed by atoms with van der Waals surface area (Å²) in [7, 11) is 0. The molecule has 0 aromatic carbocycles. The largest absolute Gasteiger partial charge is 0.340 e. The van der Waals surface area contributed by atoms with E-state index in [-0.39, 0.29) is 6.03 Å². The molecule has 1 aromatic rings. The summed E-state index contributed by atoms with van der Waals surface area (Å²) in [4.78, 5) is 18.2.